The van der Waals surface area contributed by atoms with Crippen molar-refractivity contribution in [3.8, 4) is 0 Å². The predicted molar refractivity (Wildman–Crippen MR) is 140 cm³/mol. The van der Waals surface area contributed by atoms with Gasteiger partial charge in [-0.1, -0.05) is 68.1 Å². The van der Waals surface area contributed by atoms with E-state index in [1.165, 1.54) is 36.1 Å². The molecule has 0 aromatic heterocycles. The molecule has 1 amide bonds. The lowest BCUT2D eigenvalue weighted by Gasteiger charge is -2.41. The van der Waals surface area contributed by atoms with Crippen LogP contribution in [0.5, 0.6) is 0 Å². The first-order valence-corrected chi connectivity index (χ1v) is 14.2. The molecule has 1 saturated heterocycles. The minimum Gasteiger partial charge on any atom is -0.335 e. The molecule has 1 saturated carbocycles. The number of hydrogen-bond acceptors (Lipinski definition) is 2. The summed E-state index contributed by atoms with van der Waals surface area (Å²) in [6.45, 7) is 3.47. The van der Waals surface area contributed by atoms with E-state index in [1.807, 2.05) is 6.07 Å². The Labute approximate surface area is 219 Å². The minimum atomic E-state index is -4.30. The Balaban J connectivity index is 1.23. The average Bonchev–Trinajstić information content (AvgIpc) is 3.21. The lowest BCUT2D eigenvalue weighted by Crippen LogP contribution is -2.44. The van der Waals surface area contributed by atoms with Gasteiger partial charge in [0.1, 0.15) is 0 Å². The van der Waals surface area contributed by atoms with Crippen molar-refractivity contribution in [2.45, 2.75) is 82.3 Å². The number of halogens is 3. The molecule has 1 atom stereocenters. The van der Waals surface area contributed by atoms with Gasteiger partial charge >= 0.3 is 6.18 Å². The molecular weight excluding hydrogens is 473 g/mol. The number of hydrogen-bond donors (Lipinski definition) is 0. The molecule has 2 fully saturated rings. The maximum Gasteiger partial charge on any atom is 0.416 e. The Morgan fingerprint density at radius 2 is 1.59 bits per heavy atom. The van der Waals surface area contributed by atoms with Gasteiger partial charge in [0.15, 0.2) is 0 Å². The maximum atomic E-state index is 13.7. The Morgan fingerprint density at radius 1 is 0.865 bits per heavy atom. The van der Waals surface area contributed by atoms with E-state index >= 15 is 0 Å². The van der Waals surface area contributed by atoms with E-state index in [9.17, 15) is 18.0 Å². The largest absolute Gasteiger partial charge is 0.416 e. The smallest absolute Gasteiger partial charge is 0.335 e. The van der Waals surface area contributed by atoms with Crippen molar-refractivity contribution < 1.29 is 18.0 Å². The van der Waals surface area contributed by atoms with Crippen LogP contribution in [0.1, 0.15) is 92.0 Å². The van der Waals surface area contributed by atoms with Gasteiger partial charge in [-0.3, -0.25) is 4.79 Å². The van der Waals surface area contributed by atoms with Crippen molar-refractivity contribution in [1.29, 1.82) is 0 Å². The summed E-state index contributed by atoms with van der Waals surface area (Å²) < 4.78 is 39.5. The van der Waals surface area contributed by atoms with E-state index in [4.69, 9.17) is 0 Å². The third-order valence-electron chi connectivity index (χ3n) is 8.89. The first-order valence-electron chi connectivity index (χ1n) is 14.2. The second kappa shape index (κ2) is 11.6. The fourth-order valence-corrected chi connectivity index (χ4v) is 6.75. The number of alkyl halides is 3. The van der Waals surface area contributed by atoms with Gasteiger partial charge in [-0.25, -0.2) is 0 Å². The molecule has 5 rings (SSSR count). The highest BCUT2D eigenvalue weighted by Gasteiger charge is 2.35. The number of carbonyl (C=O) groups excluding carboxylic acids is 1. The number of likely N-dealkylation sites (tertiary alicyclic amines) is 1. The van der Waals surface area contributed by atoms with Gasteiger partial charge < -0.3 is 9.80 Å². The lowest BCUT2D eigenvalue weighted by atomic mass is 9.87. The lowest BCUT2D eigenvalue weighted by molar-refractivity contribution is -0.139. The van der Waals surface area contributed by atoms with Crippen LogP contribution in [-0.2, 0) is 17.4 Å². The van der Waals surface area contributed by atoms with Crippen molar-refractivity contribution in [3.63, 3.8) is 0 Å². The van der Waals surface area contributed by atoms with Gasteiger partial charge in [0.2, 0.25) is 5.91 Å². The van der Waals surface area contributed by atoms with Crippen LogP contribution < -0.4 is 0 Å². The number of piperidine rings is 1. The summed E-state index contributed by atoms with van der Waals surface area (Å²) in [6.07, 6.45) is 6.11. The molecule has 3 nitrogen and oxygen atoms in total. The highest BCUT2D eigenvalue weighted by atomic mass is 19.4. The number of amides is 1. The van der Waals surface area contributed by atoms with E-state index in [-0.39, 0.29) is 17.9 Å². The third-order valence-corrected chi connectivity index (χ3v) is 8.89. The van der Waals surface area contributed by atoms with Gasteiger partial charge in [-0.15, -0.1) is 0 Å². The number of carbonyl (C=O) groups is 1. The fourth-order valence-electron chi connectivity index (χ4n) is 6.75. The van der Waals surface area contributed by atoms with Gasteiger partial charge in [0.05, 0.1) is 11.6 Å². The number of fused-ring (bicyclic) bond motifs is 1. The quantitative estimate of drug-likeness (QED) is 0.391. The number of rotatable bonds is 5. The van der Waals surface area contributed by atoms with Gasteiger partial charge in [-0.2, -0.15) is 13.2 Å². The van der Waals surface area contributed by atoms with Crippen molar-refractivity contribution in [1.82, 2.24) is 9.80 Å². The summed E-state index contributed by atoms with van der Waals surface area (Å²) in [5.41, 5.74) is 2.91. The van der Waals surface area contributed by atoms with Crippen LogP contribution in [0.4, 0.5) is 13.2 Å². The van der Waals surface area contributed by atoms with Gasteiger partial charge in [-0.05, 0) is 80.3 Å². The molecule has 1 unspecified atom stereocenters. The van der Waals surface area contributed by atoms with Crippen LogP contribution in [0.2, 0.25) is 0 Å². The molecule has 2 aromatic carbocycles. The summed E-state index contributed by atoms with van der Waals surface area (Å²) in [5, 5.41) is 0. The maximum absolute atomic E-state index is 13.7. The summed E-state index contributed by atoms with van der Waals surface area (Å²) in [5.74, 6) is 0.686. The molecule has 0 spiro atoms. The van der Waals surface area contributed by atoms with E-state index in [2.05, 4.69) is 34.1 Å². The molecule has 37 heavy (non-hydrogen) atoms. The summed E-state index contributed by atoms with van der Waals surface area (Å²) >= 11 is 0. The highest BCUT2D eigenvalue weighted by Crippen LogP contribution is 2.37. The summed E-state index contributed by atoms with van der Waals surface area (Å²) in [7, 11) is 0. The summed E-state index contributed by atoms with van der Waals surface area (Å²) in [4.78, 5) is 18.3. The molecule has 0 radical (unpaired) electrons. The van der Waals surface area contributed by atoms with Gasteiger partial charge in [0, 0.05) is 19.0 Å². The summed E-state index contributed by atoms with van der Waals surface area (Å²) in [6, 6.07) is 14.6. The standard InChI is InChI=1S/C31H39F3N2O/c32-31(33,34)27-12-7-11-26(22-27)23-14-18-35(19-15-23)20-17-29-28-13-6-5-8-24(28)16-21-36(29)30(37)25-9-3-1-2-4-10-25/h5-8,11-13,22-23,25,29H,1-4,9-10,14-21H2. The molecule has 2 aliphatic heterocycles. The normalized spacial score (nSPS) is 22.5. The van der Waals surface area contributed by atoms with Crippen LogP contribution in [0.25, 0.3) is 0 Å². The first kappa shape index (κ1) is 26.3. The van der Waals surface area contributed by atoms with Crippen LogP contribution in [-0.4, -0.2) is 41.9 Å². The van der Waals surface area contributed by atoms with E-state index in [1.54, 1.807) is 0 Å². The minimum absolute atomic E-state index is 0.113. The molecule has 200 valence electrons. The fraction of sp³-hybridized carbons (Fsp3) is 0.581. The molecule has 1 aliphatic carbocycles. The van der Waals surface area contributed by atoms with Crippen LogP contribution >= 0.6 is 0 Å². The number of benzene rings is 2. The Hall–Kier alpha value is -2.34. The van der Waals surface area contributed by atoms with Crippen molar-refractivity contribution in [2.24, 2.45) is 5.92 Å². The van der Waals surface area contributed by atoms with Crippen LogP contribution in [0.3, 0.4) is 0 Å². The van der Waals surface area contributed by atoms with Crippen LogP contribution in [0.15, 0.2) is 48.5 Å². The molecule has 2 aromatic rings. The van der Waals surface area contributed by atoms with Crippen LogP contribution in [0, 0.1) is 5.92 Å². The van der Waals surface area contributed by atoms with Crippen molar-refractivity contribution >= 4 is 5.91 Å². The second-order valence-electron chi connectivity index (χ2n) is 11.2. The molecule has 2 heterocycles. The number of nitrogens with zero attached hydrogens (tertiary/aromatic N) is 2. The Kier molecular flexibility index (Phi) is 8.23. The van der Waals surface area contributed by atoms with Crippen molar-refractivity contribution in [3.05, 3.63) is 70.8 Å². The molecular formula is C31H39F3N2O. The zero-order valence-electron chi connectivity index (χ0n) is 21.7. The zero-order chi connectivity index (χ0) is 25.8. The molecule has 3 aliphatic rings. The highest BCUT2D eigenvalue weighted by molar-refractivity contribution is 5.79. The molecule has 6 heteroatoms. The Morgan fingerprint density at radius 3 is 2.32 bits per heavy atom. The van der Waals surface area contributed by atoms with E-state index in [0.29, 0.717) is 5.91 Å². The van der Waals surface area contributed by atoms with E-state index in [0.717, 1.165) is 89.2 Å². The van der Waals surface area contributed by atoms with Crippen molar-refractivity contribution in [2.75, 3.05) is 26.2 Å². The average molecular weight is 513 g/mol. The molecule has 0 bridgehead atoms. The first-order chi connectivity index (χ1) is 17.9. The SMILES string of the molecule is O=C(C1CCCCCC1)N1CCc2ccccc2C1CCN1CCC(c2cccc(C(F)(F)F)c2)CC1. The Bertz CT molecular complexity index is 1050. The monoisotopic (exact) mass is 512 g/mol. The second-order valence-corrected chi connectivity index (χ2v) is 11.2. The topological polar surface area (TPSA) is 23.6 Å². The van der Waals surface area contributed by atoms with E-state index < -0.39 is 11.7 Å². The third kappa shape index (κ3) is 6.22. The molecule has 0 N–H and O–H groups in total. The zero-order valence-corrected chi connectivity index (χ0v) is 21.7. The predicted octanol–water partition coefficient (Wildman–Crippen LogP) is 7.37. The van der Waals surface area contributed by atoms with Gasteiger partial charge in [0.25, 0.3) is 0 Å².